The fourth-order valence-corrected chi connectivity index (χ4v) is 1.12. The molecule has 0 atom stereocenters. The van der Waals surface area contributed by atoms with Crippen molar-refractivity contribution in [2.24, 2.45) is 5.73 Å². The summed E-state index contributed by atoms with van der Waals surface area (Å²) in [6.07, 6.45) is 21.7. The molecule has 0 radical (unpaired) electrons. The average Bonchev–Trinajstić information content (AvgIpc) is 2.35. The number of carbonyl (C=O) groups is 1. The van der Waals surface area contributed by atoms with Crippen molar-refractivity contribution in [3.8, 4) is 0 Å². The Balaban J connectivity index is 4.17. The molecule has 2 N–H and O–H groups in total. The summed E-state index contributed by atoms with van der Waals surface area (Å²) in [7, 11) is 0. The van der Waals surface area contributed by atoms with Crippen LogP contribution in [0.15, 0.2) is 72.4 Å². The first-order chi connectivity index (χ1) is 8.72. The minimum absolute atomic E-state index is 0.414. The predicted molar refractivity (Wildman–Crippen MR) is 78.9 cm³/mol. The van der Waals surface area contributed by atoms with Crippen LogP contribution in [0, 0.1) is 0 Å². The number of rotatable bonds is 7. The molecular formula is C16H21NO. The normalized spacial score (nSPS) is 14.0. The van der Waals surface area contributed by atoms with Crippen molar-refractivity contribution in [3.05, 3.63) is 72.4 Å². The lowest BCUT2D eigenvalue weighted by Crippen LogP contribution is -2.12. The first kappa shape index (κ1) is 15.9. The number of hydrogen-bond acceptors (Lipinski definition) is 1. The van der Waals surface area contributed by atoms with Crippen molar-refractivity contribution in [1.29, 1.82) is 0 Å². The molecule has 0 fully saturated rings. The predicted octanol–water partition coefficient (Wildman–Crippen LogP) is 3.61. The van der Waals surface area contributed by atoms with E-state index in [1.807, 2.05) is 62.5 Å². The summed E-state index contributed by atoms with van der Waals surface area (Å²) < 4.78 is 0. The van der Waals surface area contributed by atoms with Crippen molar-refractivity contribution >= 4 is 5.91 Å². The summed E-state index contributed by atoms with van der Waals surface area (Å²) in [5, 5.41) is 0. The highest BCUT2D eigenvalue weighted by Crippen LogP contribution is 1.97. The highest BCUT2D eigenvalue weighted by Gasteiger charge is 1.96. The molecule has 0 saturated heterocycles. The highest BCUT2D eigenvalue weighted by atomic mass is 16.1. The Morgan fingerprint density at radius 3 is 2.22 bits per heavy atom. The molecule has 0 aliphatic heterocycles. The van der Waals surface area contributed by atoms with Crippen molar-refractivity contribution < 1.29 is 4.79 Å². The summed E-state index contributed by atoms with van der Waals surface area (Å²) in [4.78, 5) is 11.0. The van der Waals surface area contributed by atoms with Crippen LogP contribution in [0.4, 0.5) is 0 Å². The molecule has 0 aliphatic rings. The standard InChI is InChI=1S/C16H21NO/c1-3-5-6-7-8-9-10-11-12-14-15(13-4-2)16(17)18/h3-9,11-14H,10H2,1-2H3,(H2,17,18). The first-order valence-corrected chi connectivity index (χ1v) is 5.96. The van der Waals surface area contributed by atoms with Crippen molar-refractivity contribution in [2.75, 3.05) is 0 Å². The minimum atomic E-state index is -0.414. The quantitative estimate of drug-likeness (QED) is 0.538. The summed E-state index contributed by atoms with van der Waals surface area (Å²) in [5.41, 5.74) is 5.72. The second-order valence-electron chi connectivity index (χ2n) is 3.49. The van der Waals surface area contributed by atoms with E-state index in [-0.39, 0.29) is 0 Å². The van der Waals surface area contributed by atoms with Crippen LogP contribution in [0.1, 0.15) is 20.3 Å². The minimum Gasteiger partial charge on any atom is -0.366 e. The summed E-state index contributed by atoms with van der Waals surface area (Å²) in [5.74, 6) is -0.414. The van der Waals surface area contributed by atoms with Gasteiger partial charge in [0, 0.05) is 5.57 Å². The van der Waals surface area contributed by atoms with Crippen molar-refractivity contribution in [1.82, 2.24) is 0 Å². The molecule has 18 heavy (non-hydrogen) atoms. The SMILES string of the molecule is CC=CC=CC=CCC=CC=C(C=CC)C(N)=O. The fraction of sp³-hybridized carbons (Fsp3) is 0.188. The van der Waals surface area contributed by atoms with Gasteiger partial charge in [0.15, 0.2) is 0 Å². The number of allylic oxidation sites excluding steroid dienone is 10. The number of hydrogen-bond donors (Lipinski definition) is 1. The third kappa shape index (κ3) is 9.16. The molecule has 0 aromatic rings. The molecule has 0 rings (SSSR count). The maximum atomic E-state index is 11.0. The highest BCUT2D eigenvalue weighted by molar-refractivity contribution is 5.95. The lowest BCUT2D eigenvalue weighted by Gasteiger charge is -1.91. The molecule has 0 aliphatic carbocycles. The molecule has 0 unspecified atom stereocenters. The lowest BCUT2D eigenvalue weighted by atomic mass is 10.2. The van der Waals surface area contributed by atoms with Gasteiger partial charge in [-0.15, -0.1) is 0 Å². The van der Waals surface area contributed by atoms with E-state index in [0.717, 1.165) is 6.42 Å². The zero-order chi connectivity index (χ0) is 13.6. The molecule has 0 bridgehead atoms. The van der Waals surface area contributed by atoms with Gasteiger partial charge >= 0.3 is 0 Å². The number of amides is 1. The molecule has 0 heterocycles. The van der Waals surface area contributed by atoms with E-state index in [2.05, 4.69) is 0 Å². The van der Waals surface area contributed by atoms with E-state index in [9.17, 15) is 4.79 Å². The summed E-state index contributed by atoms with van der Waals surface area (Å²) in [6, 6.07) is 0. The van der Waals surface area contributed by atoms with Crippen molar-refractivity contribution in [2.45, 2.75) is 20.3 Å². The molecular weight excluding hydrogens is 222 g/mol. The summed E-state index contributed by atoms with van der Waals surface area (Å²) >= 11 is 0. The van der Waals surface area contributed by atoms with Crippen LogP contribution in [0.3, 0.4) is 0 Å². The smallest absolute Gasteiger partial charge is 0.248 e. The molecule has 0 saturated carbocycles. The van der Waals surface area contributed by atoms with Crippen LogP contribution in [0.25, 0.3) is 0 Å². The van der Waals surface area contributed by atoms with Gasteiger partial charge in [0.05, 0.1) is 0 Å². The maximum Gasteiger partial charge on any atom is 0.248 e. The van der Waals surface area contributed by atoms with Crippen LogP contribution in [-0.2, 0) is 4.79 Å². The first-order valence-electron chi connectivity index (χ1n) is 5.96. The van der Waals surface area contributed by atoms with Gasteiger partial charge in [0.1, 0.15) is 0 Å². The van der Waals surface area contributed by atoms with Gasteiger partial charge in [-0.3, -0.25) is 4.79 Å². The second kappa shape index (κ2) is 11.4. The zero-order valence-corrected chi connectivity index (χ0v) is 11.0. The monoisotopic (exact) mass is 243 g/mol. The van der Waals surface area contributed by atoms with Crippen LogP contribution in [0.2, 0.25) is 0 Å². The average molecular weight is 243 g/mol. The topological polar surface area (TPSA) is 43.1 Å². The van der Waals surface area contributed by atoms with Crippen LogP contribution in [-0.4, -0.2) is 5.91 Å². The lowest BCUT2D eigenvalue weighted by molar-refractivity contribution is -0.114. The van der Waals surface area contributed by atoms with E-state index >= 15 is 0 Å². The van der Waals surface area contributed by atoms with Gasteiger partial charge < -0.3 is 5.73 Å². The van der Waals surface area contributed by atoms with E-state index in [4.69, 9.17) is 5.73 Å². The molecule has 2 nitrogen and oxygen atoms in total. The Bertz CT molecular complexity index is 407. The second-order valence-corrected chi connectivity index (χ2v) is 3.49. The van der Waals surface area contributed by atoms with Gasteiger partial charge in [-0.05, 0) is 26.3 Å². The molecule has 96 valence electrons. The van der Waals surface area contributed by atoms with E-state index in [1.165, 1.54) is 0 Å². The van der Waals surface area contributed by atoms with E-state index in [0.29, 0.717) is 5.57 Å². The fourth-order valence-electron chi connectivity index (χ4n) is 1.12. The molecule has 1 amide bonds. The molecule has 0 spiro atoms. The third-order valence-corrected chi connectivity index (χ3v) is 1.98. The number of primary amides is 1. The Hall–Kier alpha value is -2.09. The van der Waals surface area contributed by atoms with E-state index in [1.54, 1.807) is 18.2 Å². The Kier molecular flexibility index (Phi) is 10.1. The summed E-state index contributed by atoms with van der Waals surface area (Å²) in [6.45, 7) is 3.82. The van der Waals surface area contributed by atoms with E-state index < -0.39 is 5.91 Å². The largest absolute Gasteiger partial charge is 0.366 e. The third-order valence-electron chi connectivity index (χ3n) is 1.98. The zero-order valence-electron chi connectivity index (χ0n) is 11.0. The molecule has 0 aromatic carbocycles. The van der Waals surface area contributed by atoms with Crippen molar-refractivity contribution in [3.63, 3.8) is 0 Å². The van der Waals surface area contributed by atoms with Gasteiger partial charge in [0.25, 0.3) is 0 Å². The van der Waals surface area contributed by atoms with Gasteiger partial charge in [-0.2, -0.15) is 0 Å². The van der Waals surface area contributed by atoms with Crippen LogP contribution < -0.4 is 5.73 Å². The Labute approximate surface area is 110 Å². The number of carbonyl (C=O) groups excluding carboxylic acids is 1. The van der Waals surface area contributed by atoms with Gasteiger partial charge in [-0.25, -0.2) is 0 Å². The van der Waals surface area contributed by atoms with Crippen LogP contribution in [0.5, 0.6) is 0 Å². The molecule has 0 aromatic heterocycles. The maximum absolute atomic E-state index is 11.0. The van der Waals surface area contributed by atoms with Gasteiger partial charge in [0.2, 0.25) is 5.91 Å². The Morgan fingerprint density at radius 2 is 1.61 bits per heavy atom. The van der Waals surface area contributed by atoms with Crippen LogP contribution >= 0.6 is 0 Å². The van der Waals surface area contributed by atoms with Gasteiger partial charge in [-0.1, -0.05) is 60.8 Å². The number of nitrogens with two attached hydrogens (primary N) is 1. The molecule has 2 heteroatoms. The Morgan fingerprint density at radius 1 is 0.944 bits per heavy atom.